The van der Waals surface area contributed by atoms with E-state index in [0.717, 1.165) is 11.1 Å². The van der Waals surface area contributed by atoms with Gasteiger partial charge in [0.25, 0.3) is 0 Å². The highest BCUT2D eigenvalue weighted by molar-refractivity contribution is 6.39. The number of hydrogen-bond acceptors (Lipinski definition) is 3. The van der Waals surface area contributed by atoms with Crippen LogP contribution in [0.25, 0.3) is 11.1 Å². The molecule has 4 nitrogen and oxygen atoms in total. The van der Waals surface area contributed by atoms with Gasteiger partial charge in [-0.15, -0.1) is 0 Å². The standard InChI is InChI=1S/C17H18Cl2N2O2/c1-17(2,3)23-16(22)21-10-12-8-7-11(9-20-12)15-13(18)5-4-6-14(15)19/h4-9H,10H2,1-3H3,(H,21,22). The molecule has 0 spiro atoms. The van der Waals surface area contributed by atoms with E-state index >= 15 is 0 Å². The normalized spacial score (nSPS) is 11.2. The Balaban J connectivity index is 2.04. The number of carbonyl (C=O) groups excluding carboxylic acids is 1. The number of halogens is 2. The zero-order valence-electron chi connectivity index (χ0n) is 13.2. The van der Waals surface area contributed by atoms with Gasteiger partial charge < -0.3 is 10.1 Å². The van der Waals surface area contributed by atoms with E-state index < -0.39 is 11.7 Å². The molecule has 122 valence electrons. The van der Waals surface area contributed by atoms with Crippen molar-refractivity contribution < 1.29 is 9.53 Å². The summed E-state index contributed by atoms with van der Waals surface area (Å²) in [6.07, 6.45) is 1.21. The molecule has 0 fully saturated rings. The summed E-state index contributed by atoms with van der Waals surface area (Å²) in [4.78, 5) is 15.9. The van der Waals surface area contributed by atoms with Gasteiger partial charge in [-0.05, 0) is 39.0 Å². The number of pyridine rings is 1. The molecular weight excluding hydrogens is 335 g/mol. The smallest absolute Gasteiger partial charge is 0.407 e. The molecule has 0 aliphatic carbocycles. The second-order valence-electron chi connectivity index (χ2n) is 5.99. The van der Waals surface area contributed by atoms with Crippen molar-refractivity contribution in [3.8, 4) is 11.1 Å². The summed E-state index contributed by atoms with van der Waals surface area (Å²) in [6.45, 7) is 5.72. The first-order chi connectivity index (χ1) is 10.8. The third kappa shape index (κ3) is 5.12. The minimum atomic E-state index is -0.526. The lowest BCUT2D eigenvalue weighted by atomic mass is 10.1. The summed E-state index contributed by atoms with van der Waals surface area (Å²) in [5.74, 6) is 0. The average molecular weight is 353 g/mol. The van der Waals surface area contributed by atoms with E-state index in [2.05, 4.69) is 10.3 Å². The van der Waals surface area contributed by atoms with Crippen molar-refractivity contribution in [1.29, 1.82) is 0 Å². The minimum Gasteiger partial charge on any atom is -0.444 e. The van der Waals surface area contributed by atoms with Crippen LogP contribution < -0.4 is 5.32 Å². The number of amides is 1. The predicted octanol–water partition coefficient (Wildman–Crippen LogP) is 5.08. The van der Waals surface area contributed by atoms with Crippen LogP contribution >= 0.6 is 23.2 Å². The molecule has 0 aliphatic rings. The second-order valence-corrected chi connectivity index (χ2v) is 6.80. The number of benzene rings is 1. The van der Waals surface area contributed by atoms with E-state index in [-0.39, 0.29) is 6.54 Å². The fourth-order valence-corrected chi connectivity index (χ4v) is 2.54. The monoisotopic (exact) mass is 352 g/mol. The van der Waals surface area contributed by atoms with Crippen molar-refractivity contribution in [2.45, 2.75) is 32.9 Å². The Labute approximate surface area is 145 Å². The molecule has 0 saturated carbocycles. The van der Waals surface area contributed by atoms with Gasteiger partial charge in [-0.25, -0.2) is 4.79 Å². The van der Waals surface area contributed by atoms with Gasteiger partial charge in [0.15, 0.2) is 0 Å². The molecule has 0 saturated heterocycles. The molecule has 23 heavy (non-hydrogen) atoms. The first kappa shape index (κ1) is 17.6. The molecule has 2 aromatic rings. The van der Waals surface area contributed by atoms with Gasteiger partial charge in [-0.2, -0.15) is 0 Å². The van der Waals surface area contributed by atoms with Crippen molar-refractivity contribution in [1.82, 2.24) is 10.3 Å². The van der Waals surface area contributed by atoms with Crippen LogP contribution in [-0.2, 0) is 11.3 Å². The zero-order chi connectivity index (χ0) is 17.0. The van der Waals surface area contributed by atoms with E-state index in [1.807, 2.05) is 32.9 Å². The number of carbonyl (C=O) groups is 1. The van der Waals surface area contributed by atoms with E-state index in [1.165, 1.54) is 0 Å². The second kappa shape index (κ2) is 7.20. The number of nitrogens with one attached hydrogen (secondary N) is 1. The van der Waals surface area contributed by atoms with Crippen LogP contribution in [0.3, 0.4) is 0 Å². The van der Waals surface area contributed by atoms with Gasteiger partial charge >= 0.3 is 6.09 Å². The van der Waals surface area contributed by atoms with E-state index in [1.54, 1.807) is 24.4 Å². The van der Waals surface area contributed by atoms with E-state index in [4.69, 9.17) is 27.9 Å². The van der Waals surface area contributed by atoms with Crippen molar-refractivity contribution in [3.63, 3.8) is 0 Å². The quantitative estimate of drug-likeness (QED) is 0.837. The molecule has 0 aliphatic heterocycles. The first-order valence-corrected chi connectivity index (χ1v) is 7.88. The molecule has 1 N–H and O–H groups in total. The number of ether oxygens (including phenoxy) is 1. The van der Waals surface area contributed by atoms with Crippen LogP contribution in [0.1, 0.15) is 26.5 Å². The van der Waals surface area contributed by atoms with Crippen LogP contribution in [0.4, 0.5) is 4.79 Å². The molecule has 2 rings (SSSR count). The van der Waals surface area contributed by atoms with Crippen LogP contribution in [0.5, 0.6) is 0 Å². The number of hydrogen-bond donors (Lipinski definition) is 1. The Morgan fingerprint density at radius 3 is 2.35 bits per heavy atom. The molecule has 1 heterocycles. The summed E-state index contributed by atoms with van der Waals surface area (Å²) in [6, 6.07) is 9.03. The highest BCUT2D eigenvalue weighted by Gasteiger charge is 2.16. The van der Waals surface area contributed by atoms with E-state index in [9.17, 15) is 4.79 Å². The van der Waals surface area contributed by atoms with Crippen LogP contribution in [-0.4, -0.2) is 16.7 Å². The van der Waals surface area contributed by atoms with Crippen LogP contribution in [0.15, 0.2) is 36.5 Å². The Bertz CT molecular complexity index is 674. The van der Waals surface area contributed by atoms with Crippen LogP contribution in [0.2, 0.25) is 10.0 Å². The maximum Gasteiger partial charge on any atom is 0.407 e. The summed E-state index contributed by atoms with van der Waals surface area (Å²) in [7, 11) is 0. The molecule has 1 aromatic heterocycles. The Morgan fingerprint density at radius 2 is 1.83 bits per heavy atom. The van der Waals surface area contributed by atoms with Crippen LogP contribution in [0, 0.1) is 0 Å². The summed E-state index contributed by atoms with van der Waals surface area (Å²) in [5, 5.41) is 3.80. The number of nitrogens with zero attached hydrogens (tertiary/aromatic N) is 1. The third-order valence-corrected chi connectivity index (χ3v) is 3.52. The lowest BCUT2D eigenvalue weighted by Crippen LogP contribution is -2.32. The van der Waals surface area contributed by atoms with Gasteiger partial charge in [-0.1, -0.05) is 35.3 Å². The number of alkyl carbamates (subject to hydrolysis) is 1. The molecule has 0 unspecified atom stereocenters. The maximum absolute atomic E-state index is 11.6. The van der Waals surface area contributed by atoms with Gasteiger partial charge in [0.1, 0.15) is 5.60 Å². The molecule has 1 aromatic carbocycles. The van der Waals surface area contributed by atoms with Crippen molar-refractivity contribution in [2.24, 2.45) is 0 Å². The highest BCUT2D eigenvalue weighted by Crippen LogP contribution is 2.33. The summed E-state index contributed by atoms with van der Waals surface area (Å²) < 4.78 is 5.17. The maximum atomic E-state index is 11.6. The lowest BCUT2D eigenvalue weighted by Gasteiger charge is -2.19. The fourth-order valence-electron chi connectivity index (χ4n) is 1.93. The minimum absolute atomic E-state index is 0.283. The first-order valence-electron chi connectivity index (χ1n) is 7.12. The third-order valence-electron chi connectivity index (χ3n) is 2.89. The molecule has 0 bridgehead atoms. The number of rotatable bonds is 3. The van der Waals surface area contributed by atoms with Crippen molar-refractivity contribution in [2.75, 3.05) is 0 Å². The largest absolute Gasteiger partial charge is 0.444 e. The summed E-state index contributed by atoms with van der Waals surface area (Å²) >= 11 is 12.4. The van der Waals surface area contributed by atoms with E-state index in [0.29, 0.717) is 15.7 Å². The molecule has 0 radical (unpaired) electrons. The van der Waals surface area contributed by atoms with Crippen molar-refractivity contribution in [3.05, 3.63) is 52.3 Å². The Hall–Kier alpha value is -1.78. The molecule has 1 amide bonds. The Morgan fingerprint density at radius 1 is 1.17 bits per heavy atom. The average Bonchev–Trinajstić information content (AvgIpc) is 2.44. The Kier molecular flexibility index (Phi) is 5.50. The molecule has 6 heteroatoms. The molecular formula is C17H18Cl2N2O2. The highest BCUT2D eigenvalue weighted by atomic mass is 35.5. The van der Waals surface area contributed by atoms with Gasteiger partial charge in [0, 0.05) is 27.4 Å². The fraction of sp³-hybridized carbons (Fsp3) is 0.294. The summed E-state index contributed by atoms with van der Waals surface area (Å²) in [5.41, 5.74) is 1.75. The number of aromatic nitrogens is 1. The predicted molar refractivity (Wildman–Crippen MR) is 92.8 cm³/mol. The SMILES string of the molecule is CC(C)(C)OC(=O)NCc1ccc(-c2c(Cl)cccc2Cl)cn1. The molecule has 0 atom stereocenters. The van der Waals surface area contributed by atoms with Gasteiger partial charge in [-0.3, -0.25) is 4.98 Å². The van der Waals surface area contributed by atoms with Gasteiger partial charge in [0.05, 0.1) is 12.2 Å². The van der Waals surface area contributed by atoms with Gasteiger partial charge in [0.2, 0.25) is 0 Å². The topological polar surface area (TPSA) is 51.2 Å². The zero-order valence-corrected chi connectivity index (χ0v) is 14.7. The lowest BCUT2D eigenvalue weighted by molar-refractivity contribution is 0.0523. The van der Waals surface area contributed by atoms with Crippen molar-refractivity contribution >= 4 is 29.3 Å².